The Morgan fingerprint density at radius 1 is 1.17 bits per heavy atom. The standard InChI is InChI=1S/C21H20F3N3O3/c1-3-10-30-27-20(28)15-12-25-17-9-8-13(29-2)11-14(17)19(15)26-18-7-5-4-6-16(18)21(22,23)24/h4-9,11-12H,3,10H2,1-2H3,(H,25,26)(H,27,28). The summed E-state index contributed by atoms with van der Waals surface area (Å²) >= 11 is 0. The third-order valence-electron chi connectivity index (χ3n) is 4.28. The molecule has 0 aliphatic carbocycles. The third kappa shape index (κ3) is 4.62. The van der Waals surface area contributed by atoms with E-state index in [0.717, 1.165) is 6.07 Å². The summed E-state index contributed by atoms with van der Waals surface area (Å²) < 4.78 is 45.7. The number of fused-ring (bicyclic) bond motifs is 1. The maximum Gasteiger partial charge on any atom is 0.418 e. The van der Waals surface area contributed by atoms with Crippen molar-refractivity contribution in [1.29, 1.82) is 0 Å². The first-order valence-electron chi connectivity index (χ1n) is 9.17. The molecule has 6 nitrogen and oxygen atoms in total. The molecule has 2 N–H and O–H groups in total. The van der Waals surface area contributed by atoms with Crippen molar-refractivity contribution in [3.63, 3.8) is 0 Å². The van der Waals surface area contributed by atoms with Gasteiger partial charge in [-0.2, -0.15) is 13.2 Å². The fourth-order valence-electron chi connectivity index (χ4n) is 2.85. The van der Waals surface area contributed by atoms with Crippen LogP contribution in [0.15, 0.2) is 48.7 Å². The Hall–Kier alpha value is -3.33. The maximum absolute atomic E-state index is 13.5. The average molecular weight is 419 g/mol. The van der Waals surface area contributed by atoms with Crippen molar-refractivity contribution in [3.05, 3.63) is 59.8 Å². The molecule has 2 aromatic carbocycles. The minimum Gasteiger partial charge on any atom is -0.497 e. The number of halogens is 3. The van der Waals surface area contributed by atoms with Crippen LogP contribution in [0, 0.1) is 0 Å². The molecule has 9 heteroatoms. The molecule has 0 unspecified atom stereocenters. The maximum atomic E-state index is 13.5. The van der Waals surface area contributed by atoms with Crippen LogP contribution >= 0.6 is 0 Å². The molecule has 1 amide bonds. The molecule has 0 aliphatic rings. The first-order valence-corrected chi connectivity index (χ1v) is 9.17. The zero-order valence-electron chi connectivity index (χ0n) is 16.3. The number of hydroxylamine groups is 1. The number of carbonyl (C=O) groups is 1. The highest BCUT2D eigenvalue weighted by molar-refractivity contribution is 6.08. The first-order chi connectivity index (χ1) is 14.3. The van der Waals surface area contributed by atoms with Crippen LogP contribution in [0.3, 0.4) is 0 Å². The van der Waals surface area contributed by atoms with E-state index in [-0.39, 0.29) is 16.9 Å². The molecule has 0 bridgehead atoms. The number of carbonyl (C=O) groups excluding carboxylic acids is 1. The lowest BCUT2D eigenvalue weighted by Gasteiger charge is -2.18. The number of pyridine rings is 1. The largest absolute Gasteiger partial charge is 0.497 e. The van der Waals surface area contributed by atoms with E-state index in [1.54, 1.807) is 18.2 Å². The van der Waals surface area contributed by atoms with Gasteiger partial charge in [0.25, 0.3) is 5.91 Å². The topological polar surface area (TPSA) is 72.5 Å². The lowest BCUT2D eigenvalue weighted by atomic mass is 10.1. The number of anilines is 2. The van der Waals surface area contributed by atoms with Crippen molar-refractivity contribution in [2.75, 3.05) is 19.0 Å². The van der Waals surface area contributed by atoms with Crippen LogP contribution < -0.4 is 15.5 Å². The van der Waals surface area contributed by atoms with Crippen LogP contribution in [-0.2, 0) is 11.0 Å². The number of alkyl halides is 3. The van der Waals surface area contributed by atoms with Crippen LogP contribution in [0.25, 0.3) is 10.9 Å². The molecule has 1 heterocycles. The van der Waals surface area contributed by atoms with E-state index < -0.39 is 17.6 Å². The molecular formula is C21H20F3N3O3. The predicted molar refractivity (Wildman–Crippen MR) is 107 cm³/mol. The molecule has 0 atom stereocenters. The summed E-state index contributed by atoms with van der Waals surface area (Å²) in [5.74, 6) is -0.163. The Bertz CT molecular complexity index is 1050. The van der Waals surface area contributed by atoms with Crippen LogP contribution in [0.4, 0.5) is 24.5 Å². The highest BCUT2D eigenvalue weighted by Crippen LogP contribution is 2.38. The van der Waals surface area contributed by atoms with Crippen molar-refractivity contribution < 1.29 is 27.5 Å². The number of hydrogen-bond acceptors (Lipinski definition) is 5. The number of para-hydroxylation sites is 1. The number of rotatable bonds is 7. The molecular weight excluding hydrogens is 399 g/mol. The van der Waals surface area contributed by atoms with Gasteiger partial charge in [-0.05, 0) is 36.8 Å². The van der Waals surface area contributed by atoms with Gasteiger partial charge in [-0.15, -0.1) is 0 Å². The number of amides is 1. The van der Waals surface area contributed by atoms with Crippen molar-refractivity contribution >= 4 is 28.2 Å². The number of nitrogens with zero attached hydrogens (tertiary/aromatic N) is 1. The number of nitrogens with one attached hydrogen (secondary N) is 2. The van der Waals surface area contributed by atoms with E-state index in [2.05, 4.69) is 15.8 Å². The minimum absolute atomic E-state index is 0.0313. The molecule has 0 spiro atoms. The van der Waals surface area contributed by atoms with Gasteiger partial charge >= 0.3 is 6.18 Å². The highest BCUT2D eigenvalue weighted by Gasteiger charge is 2.33. The van der Waals surface area contributed by atoms with Gasteiger partial charge in [0, 0.05) is 11.6 Å². The Kier molecular flexibility index (Phi) is 6.41. The smallest absolute Gasteiger partial charge is 0.418 e. The third-order valence-corrected chi connectivity index (χ3v) is 4.28. The van der Waals surface area contributed by atoms with E-state index in [4.69, 9.17) is 9.57 Å². The number of hydrogen-bond donors (Lipinski definition) is 2. The second kappa shape index (κ2) is 9.00. The van der Waals surface area contributed by atoms with Crippen molar-refractivity contribution in [2.24, 2.45) is 0 Å². The fourth-order valence-corrected chi connectivity index (χ4v) is 2.85. The normalized spacial score (nSPS) is 11.4. The monoisotopic (exact) mass is 419 g/mol. The molecule has 1 aromatic heterocycles. The number of methoxy groups -OCH3 is 1. The second-order valence-electron chi connectivity index (χ2n) is 6.38. The molecule has 0 saturated carbocycles. The molecule has 3 aromatic rings. The van der Waals surface area contributed by atoms with E-state index in [1.807, 2.05) is 6.92 Å². The van der Waals surface area contributed by atoms with Gasteiger partial charge in [0.2, 0.25) is 0 Å². The van der Waals surface area contributed by atoms with Gasteiger partial charge in [-0.3, -0.25) is 14.6 Å². The Morgan fingerprint density at radius 2 is 1.93 bits per heavy atom. The van der Waals surface area contributed by atoms with E-state index in [9.17, 15) is 18.0 Å². The molecule has 0 fully saturated rings. The molecule has 0 radical (unpaired) electrons. The van der Waals surface area contributed by atoms with Gasteiger partial charge in [0.1, 0.15) is 5.75 Å². The average Bonchev–Trinajstić information content (AvgIpc) is 2.73. The number of aromatic nitrogens is 1. The molecule has 158 valence electrons. The fraction of sp³-hybridized carbons (Fsp3) is 0.238. The van der Waals surface area contributed by atoms with Crippen LogP contribution in [-0.4, -0.2) is 24.6 Å². The highest BCUT2D eigenvalue weighted by atomic mass is 19.4. The molecule has 3 rings (SSSR count). The van der Waals surface area contributed by atoms with Gasteiger partial charge in [-0.1, -0.05) is 19.1 Å². The van der Waals surface area contributed by atoms with Gasteiger partial charge in [0.05, 0.1) is 41.7 Å². The van der Waals surface area contributed by atoms with Gasteiger partial charge < -0.3 is 10.1 Å². The Labute approximate surface area is 171 Å². The summed E-state index contributed by atoms with van der Waals surface area (Å²) in [6.07, 6.45) is -2.60. The van der Waals surface area contributed by atoms with E-state index >= 15 is 0 Å². The van der Waals surface area contributed by atoms with E-state index in [0.29, 0.717) is 29.7 Å². The number of ether oxygens (including phenoxy) is 1. The summed E-state index contributed by atoms with van der Waals surface area (Å²) in [6.45, 7) is 2.16. The Morgan fingerprint density at radius 3 is 2.63 bits per heavy atom. The zero-order chi connectivity index (χ0) is 21.7. The Balaban J connectivity index is 2.15. The lowest BCUT2D eigenvalue weighted by molar-refractivity contribution is -0.136. The minimum atomic E-state index is -4.57. The lowest BCUT2D eigenvalue weighted by Crippen LogP contribution is -2.25. The van der Waals surface area contributed by atoms with Crippen molar-refractivity contribution in [1.82, 2.24) is 10.5 Å². The second-order valence-corrected chi connectivity index (χ2v) is 6.38. The molecule has 0 aliphatic heterocycles. The summed E-state index contributed by atoms with van der Waals surface area (Å²) in [7, 11) is 1.47. The summed E-state index contributed by atoms with van der Waals surface area (Å²) in [5, 5.41) is 3.21. The predicted octanol–water partition coefficient (Wildman–Crippen LogP) is 5.08. The summed E-state index contributed by atoms with van der Waals surface area (Å²) in [4.78, 5) is 22.0. The van der Waals surface area contributed by atoms with Crippen LogP contribution in [0.5, 0.6) is 5.75 Å². The molecule has 0 saturated heterocycles. The van der Waals surface area contributed by atoms with E-state index in [1.165, 1.54) is 31.5 Å². The molecule has 30 heavy (non-hydrogen) atoms. The SMILES string of the molecule is CCCONC(=O)c1cnc2ccc(OC)cc2c1Nc1ccccc1C(F)(F)F. The first kappa shape index (κ1) is 21.4. The zero-order valence-corrected chi connectivity index (χ0v) is 16.3. The van der Waals surface area contributed by atoms with Crippen molar-refractivity contribution in [3.8, 4) is 5.75 Å². The summed E-state index contributed by atoms with van der Waals surface area (Å²) in [5.41, 5.74) is 1.92. The van der Waals surface area contributed by atoms with Crippen molar-refractivity contribution in [2.45, 2.75) is 19.5 Å². The quantitative estimate of drug-likeness (QED) is 0.413. The van der Waals surface area contributed by atoms with Crippen LogP contribution in [0.2, 0.25) is 0 Å². The van der Waals surface area contributed by atoms with Gasteiger partial charge in [-0.25, -0.2) is 5.48 Å². The summed E-state index contributed by atoms with van der Waals surface area (Å²) in [6, 6.07) is 9.97. The van der Waals surface area contributed by atoms with Gasteiger partial charge in [0.15, 0.2) is 0 Å². The van der Waals surface area contributed by atoms with Crippen LogP contribution in [0.1, 0.15) is 29.3 Å². The number of benzene rings is 2.